The van der Waals surface area contributed by atoms with E-state index >= 15 is 0 Å². The van der Waals surface area contributed by atoms with Gasteiger partial charge in [0.05, 0.1) is 16.4 Å². The molecule has 0 saturated heterocycles. The summed E-state index contributed by atoms with van der Waals surface area (Å²) in [4.78, 5) is 15.3. The van der Waals surface area contributed by atoms with E-state index in [1.54, 1.807) is 0 Å². The highest BCUT2D eigenvalue weighted by Gasteiger charge is 2.20. The van der Waals surface area contributed by atoms with Gasteiger partial charge in [-0.25, -0.2) is 15.0 Å². The molecule has 0 aliphatic carbocycles. The molecule has 5 nitrogen and oxygen atoms in total. The molecule has 0 radical (unpaired) electrons. The van der Waals surface area contributed by atoms with Gasteiger partial charge < -0.3 is 8.98 Å². The smallest absolute Gasteiger partial charge is 0.164 e. The molecule has 0 atom stereocenters. The standard InChI is InChI=1S/C51H32N4O/c1-4-15-33(16-5-1)39-28-27-37(32-43(39)51-53-49(34-17-6-2-7-18-34)52-50(54-51)35-19-8-3-9-20-35)36-21-14-22-38(31-36)55-44-25-12-10-24-42(44)47-45(55)30-29-41-40-23-11-13-26-46(40)56-48(41)47/h1-32H. The third-order valence-electron chi connectivity index (χ3n) is 10.7. The minimum Gasteiger partial charge on any atom is -0.455 e. The highest BCUT2D eigenvalue weighted by atomic mass is 16.3. The van der Waals surface area contributed by atoms with Crippen LogP contribution >= 0.6 is 0 Å². The van der Waals surface area contributed by atoms with Gasteiger partial charge in [-0.05, 0) is 64.7 Å². The average molecular weight is 717 g/mol. The minimum absolute atomic E-state index is 0.617. The summed E-state index contributed by atoms with van der Waals surface area (Å²) in [6.07, 6.45) is 0. The zero-order valence-electron chi connectivity index (χ0n) is 30.2. The van der Waals surface area contributed by atoms with Crippen LogP contribution in [0, 0.1) is 0 Å². The topological polar surface area (TPSA) is 56.7 Å². The van der Waals surface area contributed by atoms with Gasteiger partial charge in [-0.1, -0.05) is 152 Å². The molecule has 0 bridgehead atoms. The van der Waals surface area contributed by atoms with E-state index in [9.17, 15) is 0 Å². The average Bonchev–Trinajstić information content (AvgIpc) is 3.83. The lowest BCUT2D eigenvalue weighted by Gasteiger charge is -2.15. The summed E-state index contributed by atoms with van der Waals surface area (Å²) >= 11 is 0. The largest absolute Gasteiger partial charge is 0.455 e. The fourth-order valence-electron chi connectivity index (χ4n) is 8.04. The molecule has 0 amide bonds. The number of benzene rings is 8. The first-order valence-electron chi connectivity index (χ1n) is 18.8. The number of fused-ring (bicyclic) bond motifs is 7. The Bertz CT molecular complexity index is 3180. The third kappa shape index (κ3) is 5.29. The molecule has 56 heavy (non-hydrogen) atoms. The second kappa shape index (κ2) is 13.0. The zero-order valence-corrected chi connectivity index (χ0v) is 30.2. The van der Waals surface area contributed by atoms with E-state index in [-0.39, 0.29) is 0 Å². The molecule has 0 fully saturated rings. The van der Waals surface area contributed by atoms with Crippen molar-refractivity contribution in [2.45, 2.75) is 0 Å². The first-order chi connectivity index (χ1) is 27.8. The highest BCUT2D eigenvalue weighted by Crippen LogP contribution is 2.41. The second-order valence-corrected chi connectivity index (χ2v) is 14.0. The maximum atomic E-state index is 6.56. The summed E-state index contributed by atoms with van der Waals surface area (Å²) < 4.78 is 8.91. The van der Waals surface area contributed by atoms with Gasteiger partial charge in [-0.3, -0.25) is 0 Å². The number of rotatable bonds is 6. The number of hydrogen-bond donors (Lipinski definition) is 0. The first kappa shape index (κ1) is 31.9. The summed E-state index contributed by atoms with van der Waals surface area (Å²) in [5, 5.41) is 4.53. The zero-order chi connectivity index (χ0) is 37.0. The van der Waals surface area contributed by atoms with Crippen LogP contribution in [-0.2, 0) is 0 Å². The Morgan fingerprint density at radius 3 is 1.68 bits per heavy atom. The predicted molar refractivity (Wildman–Crippen MR) is 229 cm³/mol. The van der Waals surface area contributed by atoms with Gasteiger partial charge in [0.25, 0.3) is 0 Å². The molecule has 3 aromatic heterocycles. The third-order valence-corrected chi connectivity index (χ3v) is 10.7. The van der Waals surface area contributed by atoms with Crippen molar-refractivity contribution in [2.24, 2.45) is 0 Å². The quantitative estimate of drug-likeness (QED) is 0.172. The number of hydrogen-bond acceptors (Lipinski definition) is 4. The van der Waals surface area contributed by atoms with Crippen molar-refractivity contribution in [1.82, 2.24) is 19.5 Å². The van der Waals surface area contributed by atoms with Crippen LogP contribution in [0.4, 0.5) is 0 Å². The Morgan fingerprint density at radius 1 is 0.357 bits per heavy atom. The monoisotopic (exact) mass is 716 g/mol. The lowest BCUT2D eigenvalue weighted by atomic mass is 9.94. The molecule has 0 unspecified atom stereocenters. The molecule has 11 rings (SSSR count). The fourth-order valence-corrected chi connectivity index (χ4v) is 8.04. The van der Waals surface area contributed by atoms with E-state index in [1.165, 1.54) is 0 Å². The van der Waals surface area contributed by atoms with Crippen LogP contribution in [0.25, 0.3) is 106 Å². The van der Waals surface area contributed by atoms with Crippen LogP contribution < -0.4 is 0 Å². The maximum absolute atomic E-state index is 6.56. The Kier molecular flexibility index (Phi) is 7.42. The Hall–Kier alpha value is -7.63. The van der Waals surface area contributed by atoms with Crippen molar-refractivity contribution in [1.29, 1.82) is 0 Å². The first-order valence-corrected chi connectivity index (χ1v) is 18.8. The van der Waals surface area contributed by atoms with Crippen LogP contribution in [-0.4, -0.2) is 19.5 Å². The molecule has 0 saturated carbocycles. The van der Waals surface area contributed by atoms with E-state index in [0.717, 1.165) is 88.4 Å². The SMILES string of the molecule is c1ccc(-c2nc(-c3ccccc3)nc(-c3cc(-c4cccc(-n5c6ccccc6c6c7oc8ccccc8c7ccc65)c4)ccc3-c3ccccc3)n2)cc1. The highest BCUT2D eigenvalue weighted by molar-refractivity contribution is 6.23. The number of para-hydroxylation sites is 2. The molecular formula is C51H32N4O. The van der Waals surface area contributed by atoms with Crippen molar-refractivity contribution in [3.05, 3.63) is 194 Å². The molecule has 0 spiro atoms. The van der Waals surface area contributed by atoms with Gasteiger partial charge >= 0.3 is 0 Å². The Labute approximate surface area is 322 Å². The molecule has 0 aliphatic heterocycles. The normalized spacial score (nSPS) is 11.6. The minimum atomic E-state index is 0.617. The van der Waals surface area contributed by atoms with Crippen LogP contribution in [0.3, 0.4) is 0 Å². The molecule has 11 aromatic rings. The lowest BCUT2D eigenvalue weighted by molar-refractivity contribution is 0.673. The van der Waals surface area contributed by atoms with Crippen molar-refractivity contribution in [3.63, 3.8) is 0 Å². The molecule has 0 aliphatic rings. The Balaban J connectivity index is 1.11. The summed E-state index contributed by atoms with van der Waals surface area (Å²) in [7, 11) is 0. The molecule has 5 heteroatoms. The van der Waals surface area contributed by atoms with Crippen molar-refractivity contribution in [3.8, 4) is 62.1 Å². The second-order valence-electron chi connectivity index (χ2n) is 14.0. The van der Waals surface area contributed by atoms with Gasteiger partial charge in [0.1, 0.15) is 11.2 Å². The van der Waals surface area contributed by atoms with Crippen LogP contribution in [0.5, 0.6) is 0 Å². The predicted octanol–water partition coefficient (Wildman–Crippen LogP) is 13.2. The van der Waals surface area contributed by atoms with Crippen LogP contribution in [0.2, 0.25) is 0 Å². The summed E-state index contributed by atoms with van der Waals surface area (Å²) in [5.41, 5.74) is 12.2. The Morgan fingerprint density at radius 2 is 0.946 bits per heavy atom. The van der Waals surface area contributed by atoms with Crippen LogP contribution in [0.1, 0.15) is 0 Å². The van der Waals surface area contributed by atoms with Gasteiger partial charge in [-0.2, -0.15) is 0 Å². The summed E-state index contributed by atoms with van der Waals surface area (Å²) in [6.45, 7) is 0. The molecule has 8 aromatic carbocycles. The van der Waals surface area contributed by atoms with Gasteiger partial charge in [-0.15, -0.1) is 0 Å². The molecule has 0 N–H and O–H groups in total. The summed E-state index contributed by atoms with van der Waals surface area (Å²) in [6, 6.07) is 67.4. The van der Waals surface area contributed by atoms with E-state index in [4.69, 9.17) is 19.4 Å². The number of nitrogens with zero attached hydrogens (tertiary/aromatic N) is 4. The molecule has 3 heterocycles. The molecule has 262 valence electrons. The number of aromatic nitrogens is 4. The van der Waals surface area contributed by atoms with Crippen molar-refractivity contribution in [2.75, 3.05) is 0 Å². The maximum Gasteiger partial charge on any atom is 0.164 e. The van der Waals surface area contributed by atoms with Crippen molar-refractivity contribution >= 4 is 43.7 Å². The van der Waals surface area contributed by atoms with E-state index in [1.807, 2.05) is 78.9 Å². The number of furan rings is 1. The van der Waals surface area contributed by atoms with Crippen molar-refractivity contribution < 1.29 is 4.42 Å². The van der Waals surface area contributed by atoms with Gasteiger partial charge in [0, 0.05) is 38.5 Å². The van der Waals surface area contributed by atoms with Crippen LogP contribution in [0.15, 0.2) is 199 Å². The van der Waals surface area contributed by atoms with Gasteiger partial charge in [0.15, 0.2) is 17.5 Å². The van der Waals surface area contributed by atoms with E-state index in [2.05, 4.69) is 120 Å². The molecular weight excluding hydrogens is 685 g/mol. The lowest BCUT2D eigenvalue weighted by Crippen LogP contribution is -2.01. The van der Waals surface area contributed by atoms with Gasteiger partial charge in [0.2, 0.25) is 0 Å². The summed E-state index contributed by atoms with van der Waals surface area (Å²) in [5.74, 6) is 1.88. The fraction of sp³-hybridized carbons (Fsp3) is 0. The van der Waals surface area contributed by atoms with E-state index in [0.29, 0.717) is 17.5 Å². The van der Waals surface area contributed by atoms with E-state index < -0.39 is 0 Å².